The molecule has 0 atom stereocenters. The van der Waals surface area contributed by atoms with Crippen LogP contribution in [0.4, 0.5) is 9.18 Å². The minimum atomic E-state index is -3.13. The van der Waals surface area contributed by atoms with Crippen molar-refractivity contribution < 1.29 is 27.6 Å². The number of piperidine rings is 1. The van der Waals surface area contributed by atoms with Gasteiger partial charge >= 0.3 is 6.03 Å². The van der Waals surface area contributed by atoms with Crippen LogP contribution in [-0.2, 0) is 13.0 Å². The maximum absolute atomic E-state index is 14.3. The van der Waals surface area contributed by atoms with E-state index < -0.39 is 80.0 Å². The van der Waals surface area contributed by atoms with Crippen LogP contribution < -0.4 is 10.1 Å². The highest BCUT2D eigenvalue weighted by Crippen LogP contribution is 2.19. The van der Waals surface area contributed by atoms with E-state index in [1.54, 1.807) is 24.3 Å². The SMILES string of the molecule is [2H]c1c([2H])c(C([2H])([2H])N(C(=O)NCc2ccc(OCC(C)C)cc2)C2CC([2H])([2H])N(C)C([2H])([2H])C2)c([2H])c([2H])c1F. The second kappa shape index (κ2) is 11.1. The summed E-state index contributed by atoms with van der Waals surface area (Å²) in [5.74, 6) is -0.552. The van der Waals surface area contributed by atoms with Gasteiger partial charge in [-0.25, -0.2) is 9.18 Å². The van der Waals surface area contributed by atoms with E-state index in [1.165, 1.54) is 7.05 Å². The molecule has 1 heterocycles. The second-order valence-corrected chi connectivity index (χ2v) is 7.62. The average Bonchev–Trinajstić information content (AvgIpc) is 2.87. The number of nitrogens with one attached hydrogen (secondary N) is 1. The predicted octanol–water partition coefficient (Wildman–Crippen LogP) is 4.67. The fraction of sp³-hybridized carbons (Fsp3) is 0.480. The van der Waals surface area contributed by atoms with E-state index in [0.717, 1.165) is 4.90 Å². The molecule has 1 saturated heterocycles. The molecule has 5 nitrogen and oxygen atoms in total. The van der Waals surface area contributed by atoms with Gasteiger partial charge in [-0.3, -0.25) is 0 Å². The molecule has 0 spiro atoms. The zero-order valence-corrected chi connectivity index (χ0v) is 17.9. The average molecular weight is 438 g/mol. The molecule has 3 rings (SSSR count). The number of nitrogens with zero attached hydrogens (tertiary/aromatic N) is 2. The molecule has 0 radical (unpaired) electrons. The predicted molar refractivity (Wildman–Crippen MR) is 121 cm³/mol. The van der Waals surface area contributed by atoms with Gasteiger partial charge in [-0.05, 0) is 74.1 Å². The summed E-state index contributed by atoms with van der Waals surface area (Å²) >= 11 is 0. The summed E-state index contributed by atoms with van der Waals surface area (Å²) in [6, 6.07) is -0.0903. The minimum absolute atomic E-state index is 0.111. The first kappa shape index (κ1) is 13.1. The highest BCUT2D eigenvalue weighted by atomic mass is 19.1. The van der Waals surface area contributed by atoms with Crippen molar-refractivity contribution in [3.05, 3.63) is 65.4 Å². The number of urea groups is 1. The molecule has 0 saturated carbocycles. The number of ether oxygens (including phenoxy) is 1. The van der Waals surface area contributed by atoms with Crippen LogP contribution in [0.2, 0.25) is 0 Å². The lowest BCUT2D eigenvalue weighted by Crippen LogP contribution is -2.49. The lowest BCUT2D eigenvalue weighted by atomic mass is 10.0. The van der Waals surface area contributed by atoms with E-state index in [-0.39, 0.29) is 6.54 Å². The van der Waals surface area contributed by atoms with Crippen LogP contribution in [-0.4, -0.2) is 48.5 Å². The summed E-state index contributed by atoms with van der Waals surface area (Å²) in [7, 11) is 1.23. The molecule has 2 amide bonds. The van der Waals surface area contributed by atoms with Crippen molar-refractivity contribution >= 4 is 6.03 Å². The van der Waals surface area contributed by atoms with E-state index >= 15 is 0 Å². The third-order valence-corrected chi connectivity index (χ3v) is 4.49. The quantitative estimate of drug-likeness (QED) is 0.653. The lowest BCUT2D eigenvalue weighted by Gasteiger charge is -2.37. The molecule has 2 aromatic carbocycles. The van der Waals surface area contributed by atoms with Crippen molar-refractivity contribution in [2.45, 2.75) is 45.8 Å². The molecule has 0 aromatic heterocycles. The standard InChI is InChI=1S/C25H34FN3O2/c1-19(2)18-31-24-10-6-20(7-11-24)16-27-25(30)29(23-12-14-28(3)15-13-23)17-21-4-8-22(26)9-5-21/h4-11,19,23H,12-18H2,1-3H3,(H,27,30)/i4D,5D,8D,9D,14D2,15D2,17D2. The van der Waals surface area contributed by atoms with Crippen molar-refractivity contribution in [3.8, 4) is 5.75 Å². The van der Waals surface area contributed by atoms with Crippen LogP contribution >= 0.6 is 0 Å². The van der Waals surface area contributed by atoms with Crippen LogP contribution in [0.3, 0.4) is 0 Å². The smallest absolute Gasteiger partial charge is 0.318 e. The van der Waals surface area contributed by atoms with E-state index in [9.17, 15) is 9.18 Å². The number of likely N-dealkylation sites (tertiary alicyclic amines) is 1. The Morgan fingerprint density at radius 2 is 1.90 bits per heavy atom. The molecule has 31 heavy (non-hydrogen) atoms. The third kappa shape index (κ3) is 7.24. The number of carbonyl (C=O) groups excluding carboxylic acids is 1. The topological polar surface area (TPSA) is 44.8 Å². The van der Waals surface area contributed by atoms with Gasteiger partial charge in [0.1, 0.15) is 11.6 Å². The van der Waals surface area contributed by atoms with Crippen molar-refractivity contribution in [2.24, 2.45) is 5.92 Å². The molecule has 0 bridgehead atoms. The summed E-state index contributed by atoms with van der Waals surface area (Å²) < 4.78 is 103. The van der Waals surface area contributed by atoms with Gasteiger partial charge in [-0.2, -0.15) is 0 Å². The highest BCUT2D eigenvalue weighted by Gasteiger charge is 2.27. The summed E-state index contributed by atoms with van der Waals surface area (Å²) in [6.45, 7) is -3.35. The fourth-order valence-corrected chi connectivity index (χ4v) is 2.81. The Morgan fingerprint density at radius 1 is 1.26 bits per heavy atom. The van der Waals surface area contributed by atoms with Gasteiger partial charge in [0.2, 0.25) is 0 Å². The Hall–Kier alpha value is -2.60. The van der Waals surface area contributed by atoms with Crippen molar-refractivity contribution in [1.29, 1.82) is 0 Å². The number of hydrogen-bond acceptors (Lipinski definition) is 3. The van der Waals surface area contributed by atoms with Gasteiger partial charge in [0.05, 0.1) is 14.8 Å². The summed E-state index contributed by atoms with van der Waals surface area (Å²) in [5.41, 5.74) is -0.313. The number of halogens is 1. The number of hydrogen-bond donors (Lipinski definition) is 1. The van der Waals surface area contributed by atoms with Crippen LogP contribution in [0.25, 0.3) is 0 Å². The first-order chi connectivity index (χ1) is 18.8. The maximum atomic E-state index is 14.3. The molecule has 1 aliphatic heterocycles. The number of amides is 2. The molecule has 0 unspecified atom stereocenters. The summed E-state index contributed by atoms with van der Waals surface area (Å²) in [4.78, 5) is 15.0. The number of rotatable bonds is 8. The number of carbonyl (C=O) groups is 1. The monoisotopic (exact) mass is 437 g/mol. The van der Waals surface area contributed by atoms with E-state index in [0.29, 0.717) is 28.7 Å². The number of benzene rings is 2. The lowest BCUT2D eigenvalue weighted by molar-refractivity contribution is 0.127. The Kier molecular flexibility index (Phi) is 4.70. The zero-order valence-electron chi connectivity index (χ0n) is 27.9. The van der Waals surface area contributed by atoms with E-state index in [4.69, 9.17) is 18.4 Å². The Labute approximate surface area is 199 Å². The Balaban J connectivity index is 2.01. The molecular weight excluding hydrogens is 393 g/mol. The second-order valence-electron chi connectivity index (χ2n) is 7.62. The van der Waals surface area contributed by atoms with Gasteiger partial charge in [0, 0.05) is 24.6 Å². The minimum Gasteiger partial charge on any atom is -0.493 e. The van der Waals surface area contributed by atoms with E-state index in [1.807, 2.05) is 13.8 Å². The van der Waals surface area contributed by atoms with Crippen molar-refractivity contribution in [1.82, 2.24) is 15.1 Å². The Bertz CT molecular complexity index is 1230. The largest absolute Gasteiger partial charge is 0.493 e. The summed E-state index contributed by atoms with van der Waals surface area (Å²) in [5, 5.41) is 2.54. The van der Waals surface area contributed by atoms with Crippen LogP contribution in [0.1, 0.15) is 51.5 Å². The highest BCUT2D eigenvalue weighted by molar-refractivity contribution is 5.74. The Morgan fingerprint density at radius 3 is 2.52 bits per heavy atom. The van der Waals surface area contributed by atoms with Gasteiger partial charge in [0.25, 0.3) is 0 Å². The first-order valence-electron chi connectivity index (χ1n) is 15.1. The fourth-order valence-electron chi connectivity index (χ4n) is 2.81. The van der Waals surface area contributed by atoms with Crippen LogP contribution in [0, 0.1) is 11.7 Å². The molecule has 1 fully saturated rings. The molecule has 0 aliphatic carbocycles. The van der Waals surface area contributed by atoms with Crippen LogP contribution in [0.5, 0.6) is 5.75 Å². The maximum Gasteiger partial charge on any atom is 0.318 e. The van der Waals surface area contributed by atoms with Gasteiger partial charge in [-0.15, -0.1) is 0 Å². The molecule has 1 N–H and O–H groups in total. The first-order valence-corrected chi connectivity index (χ1v) is 10.1. The third-order valence-electron chi connectivity index (χ3n) is 4.49. The molecule has 6 heteroatoms. The van der Waals surface area contributed by atoms with Gasteiger partial charge in [-0.1, -0.05) is 38.1 Å². The molecule has 1 aliphatic rings. The summed E-state index contributed by atoms with van der Waals surface area (Å²) in [6.07, 6.45) is -1.05. The van der Waals surface area contributed by atoms with Crippen LogP contribution in [0.15, 0.2) is 48.4 Å². The van der Waals surface area contributed by atoms with Gasteiger partial charge in [0.15, 0.2) is 0 Å². The molecular formula is C25H34FN3O2. The zero-order chi connectivity index (χ0) is 31.1. The normalized spacial score (nSPS) is 23.5. The van der Waals surface area contributed by atoms with Crippen molar-refractivity contribution in [2.75, 3.05) is 26.6 Å². The van der Waals surface area contributed by atoms with Crippen molar-refractivity contribution in [3.63, 3.8) is 0 Å². The molecule has 2 aromatic rings. The molecule has 168 valence electrons. The van der Waals surface area contributed by atoms with E-state index in [2.05, 4.69) is 5.32 Å². The van der Waals surface area contributed by atoms with Gasteiger partial charge < -0.3 is 19.9 Å².